The summed E-state index contributed by atoms with van der Waals surface area (Å²) in [7, 11) is 0. The number of rotatable bonds is 2. The van der Waals surface area contributed by atoms with Crippen LogP contribution in [0, 0.1) is 0 Å². The minimum absolute atomic E-state index is 0.157. The average molecular weight is 377 g/mol. The predicted octanol–water partition coefficient (Wildman–Crippen LogP) is 3.42. The van der Waals surface area contributed by atoms with E-state index in [0.717, 1.165) is 18.0 Å². The lowest BCUT2D eigenvalue weighted by molar-refractivity contribution is -0.137. The monoisotopic (exact) mass is 377 g/mol. The molecule has 9 heteroatoms. The molecule has 1 aromatic carbocycles. The Labute approximate surface area is 153 Å². The highest BCUT2D eigenvalue weighted by atomic mass is 19.4. The van der Waals surface area contributed by atoms with Crippen LogP contribution in [-0.4, -0.2) is 45.1 Å². The van der Waals surface area contributed by atoms with E-state index in [0.29, 0.717) is 30.2 Å². The number of hydrogen-bond acceptors (Lipinski definition) is 5. The van der Waals surface area contributed by atoms with Gasteiger partial charge in [-0.3, -0.25) is 0 Å². The molecule has 0 saturated carbocycles. The maximum atomic E-state index is 12.8. The van der Waals surface area contributed by atoms with E-state index in [4.69, 9.17) is 4.74 Å². The van der Waals surface area contributed by atoms with E-state index in [1.807, 2.05) is 6.07 Å². The minimum Gasteiger partial charge on any atom is -0.377 e. The molecule has 1 aliphatic heterocycles. The third-order valence-corrected chi connectivity index (χ3v) is 4.65. The first-order valence-electron chi connectivity index (χ1n) is 8.61. The van der Waals surface area contributed by atoms with E-state index in [2.05, 4.69) is 34.0 Å². The molecule has 1 saturated heterocycles. The van der Waals surface area contributed by atoms with Gasteiger partial charge in [0.25, 0.3) is 0 Å². The highest BCUT2D eigenvalue weighted by Gasteiger charge is 2.30. The number of alkyl halides is 3. The first-order valence-corrected chi connectivity index (χ1v) is 8.61. The van der Waals surface area contributed by atoms with Gasteiger partial charge in [0.1, 0.15) is 5.82 Å². The van der Waals surface area contributed by atoms with Crippen LogP contribution in [0.2, 0.25) is 0 Å². The van der Waals surface area contributed by atoms with Crippen LogP contribution in [0.3, 0.4) is 0 Å². The Kier molecular flexibility index (Phi) is 4.26. The fraction of sp³-hybridized carbons (Fsp3) is 0.389. The van der Waals surface area contributed by atoms with E-state index in [9.17, 15) is 13.2 Å². The summed E-state index contributed by atoms with van der Waals surface area (Å²) in [5, 5.41) is 12.8. The molecule has 3 aromatic rings. The van der Waals surface area contributed by atoms with Crippen LogP contribution in [0.5, 0.6) is 0 Å². The van der Waals surface area contributed by atoms with E-state index >= 15 is 0 Å². The number of benzene rings is 1. The number of anilines is 1. The Bertz CT molecular complexity index is 944. The molecule has 1 fully saturated rings. The largest absolute Gasteiger partial charge is 0.416 e. The number of morpholine rings is 1. The van der Waals surface area contributed by atoms with Crippen LogP contribution in [-0.2, 0) is 10.9 Å². The van der Waals surface area contributed by atoms with Crippen LogP contribution in [0.1, 0.15) is 19.4 Å². The van der Waals surface area contributed by atoms with Gasteiger partial charge in [-0.1, -0.05) is 12.1 Å². The number of aromatic nitrogens is 4. The molecular weight excluding hydrogens is 359 g/mol. The van der Waals surface area contributed by atoms with Crippen molar-refractivity contribution >= 4 is 11.5 Å². The molecule has 0 bridgehead atoms. The van der Waals surface area contributed by atoms with E-state index in [-0.39, 0.29) is 12.1 Å². The molecule has 2 unspecified atom stereocenters. The maximum Gasteiger partial charge on any atom is 0.416 e. The molecule has 0 N–H and O–H groups in total. The van der Waals surface area contributed by atoms with Crippen molar-refractivity contribution in [1.29, 1.82) is 0 Å². The van der Waals surface area contributed by atoms with E-state index < -0.39 is 11.7 Å². The first kappa shape index (κ1) is 17.7. The summed E-state index contributed by atoms with van der Waals surface area (Å²) in [6.45, 7) is 5.34. The second-order valence-electron chi connectivity index (χ2n) is 6.70. The highest BCUT2D eigenvalue weighted by Crippen LogP contribution is 2.31. The first-order chi connectivity index (χ1) is 12.8. The van der Waals surface area contributed by atoms with Crippen molar-refractivity contribution in [2.24, 2.45) is 0 Å². The lowest BCUT2D eigenvalue weighted by Crippen LogP contribution is -2.50. The zero-order valence-corrected chi connectivity index (χ0v) is 14.8. The van der Waals surface area contributed by atoms with Crippen molar-refractivity contribution in [2.45, 2.75) is 32.1 Å². The zero-order valence-electron chi connectivity index (χ0n) is 14.8. The van der Waals surface area contributed by atoms with Crippen LogP contribution in [0.4, 0.5) is 19.0 Å². The molecule has 3 heterocycles. The van der Waals surface area contributed by atoms with Crippen molar-refractivity contribution in [3.8, 4) is 11.4 Å². The Morgan fingerprint density at radius 2 is 1.63 bits per heavy atom. The Balaban J connectivity index is 1.74. The second-order valence-corrected chi connectivity index (χ2v) is 6.70. The standard InChI is InChI=1S/C18H18F3N5O/c1-11-9-27-10-12(2)25(11)16-8-7-15-22-23-17(26(15)24-16)13-3-5-14(6-4-13)18(19,20)21/h3-8,11-12H,9-10H2,1-2H3. The van der Waals surface area contributed by atoms with Gasteiger partial charge in [-0.25, -0.2) is 0 Å². The normalized spacial score (nSPS) is 21.0. The summed E-state index contributed by atoms with van der Waals surface area (Å²) < 4.78 is 45.5. The Morgan fingerprint density at radius 1 is 0.963 bits per heavy atom. The van der Waals surface area contributed by atoms with Crippen LogP contribution in [0.15, 0.2) is 36.4 Å². The van der Waals surface area contributed by atoms with Gasteiger partial charge in [0.2, 0.25) is 0 Å². The number of halogens is 3. The van der Waals surface area contributed by atoms with Gasteiger partial charge in [-0.2, -0.15) is 17.7 Å². The van der Waals surface area contributed by atoms with Gasteiger partial charge in [0, 0.05) is 5.56 Å². The Hall–Kier alpha value is -2.68. The SMILES string of the molecule is CC1COCC(C)N1c1ccc2nnc(-c3ccc(C(F)(F)F)cc3)n2n1. The summed E-state index contributed by atoms with van der Waals surface area (Å²) in [4.78, 5) is 2.17. The van der Waals surface area contributed by atoms with Gasteiger partial charge in [0.15, 0.2) is 11.5 Å². The molecule has 142 valence electrons. The fourth-order valence-corrected chi connectivity index (χ4v) is 3.36. The number of nitrogens with zero attached hydrogens (tertiary/aromatic N) is 5. The smallest absolute Gasteiger partial charge is 0.377 e. The van der Waals surface area contributed by atoms with Gasteiger partial charge in [-0.05, 0) is 38.1 Å². The van der Waals surface area contributed by atoms with Gasteiger partial charge < -0.3 is 9.64 Å². The minimum atomic E-state index is -4.38. The molecule has 4 rings (SSSR count). The van der Waals surface area contributed by atoms with Crippen LogP contribution >= 0.6 is 0 Å². The van der Waals surface area contributed by atoms with Crippen molar-refractivity contribution in [1.82, 2.24) is 19.8 Å². The van der Waals surface area contributed by atoms with Gasteiger partial charge in [0.05, 0.1) is 30.9 Å². The molecule has 0 spiro atoms. The summed E-state index contributed by atoms with van der Waals surface area (Å²) in [5.74, 6) is 1.15. The summed E-state index contributed by atoms with van der Waals surface area (Å²) in [6.07, 6.45) is -4.38. The topological polar surface area (TPSA) is 55.5 Å². The molecule has 2 atom stereocenters. The third kappa shape index (κ3) is 3.23. The molecule has 1 aliphatic rings. The zero-order chi connectivity index (χ0) is 19.2. The van der Waals surface area contributed by atoms with Crippen molar-refractivity contribution in [3.63, 3.8) is 0 Å². The lowest BCUT2D eigenvalue weighted by Gasteiger charge is -2.39. The predicted molar refractivity (Wildman–Crippen MR) is 93.4 cm³/mol. The van der Waals surface area contributed by atoms with E-state index in [1.165, 1.54) is 12.1 Å². The van der Waals surface area contributed by atoms with Crippen molar-refractivity contribution in [3.05, 3.63) is 42.0 Å². The van der Waals surface area contributed by atoms with Gasteiger partial charge >= 0.3 is 6.18 Å². The lowest BCUT2D eigenvalue weighted by atomic mass is 10.1. The van der Waals surface area contributed by atoms with Crippen LogP contribution in [0.25, 0.3) is 17.0 Å². The van der Waals surface area contributed by atoms with Crippen molar-refractivity contribution in [2.75, 3.05) is 18.1 Å². The molecule has 2 aromatic heterocycles. The summed E-state index contributed by atoms with van der Waals surface area (Å²) in [5.41, 5.74) is 0.343. The van der Waals surface area contributed by atoms with E-state index in [1.54, 1.807) is 10.6 Å². The number of fused-ring (bicyclic) bond motifs is 1. The van der Waals surface area contributed by atoms with Gasteiger partial charge in [-0.15, -0.1) is 15.3 Å². The quantitative estimate of drug-likeness (QED) is 0.685. The molecular formula is C18H18F3N5O. The average Bonchev–Trinajstić information content (AvgIpc) is 3.04. The summed E-state index contributed by atoms with van der Waals surface area (Å²) >= 11 is 0. The second kappa shape index (κ2) is 6.49. The van der Waals surface area contributed by atoms with Crippen molar-refractivity contribution < 1.29 is 17.9 Å². The molecule has 6 nitrogen and oxygen atoms in total. The Morgan fingerprint density at radius 3 is 2.26 bits per heavy atom. The molecule has 0 aliphatic carbocycles. The summed E-state index contributed by atoms with van der Waals surface area (Å²) in [6, 6.07) is 8.82. The number of ether oxygens (including phenoxy) is 1. The van der Waals surface area contributed by atoms with Crippen LogP contribution < -0.4 is 4.90 Å². The molecule has 0 amide bonds. The number of hydrogen-bond donors (Lipinski definition) is 0. The molecule has 0 radical (unpaired) electrons. The highest BCUT2D eigenvalue weighted by molar-refractivity contribution is 5.60. The third-order valence-electron chi connectivity index (χ3n) is 4.65. The maximum absolute atomic E-state index is 12.8. The fourth-order valence-electron chi connectivity index (χ4n) is 3.36. The molecule has 27 heavy (non-hydrogen) atoms.